The van der Waals surface area contributed by atoms with Crippen molar-refractivity contribution in [1.29, 1.82) is 0 Å². The first-order valence-corrected chi connectivity index (χ1v) is 8.25. The fourth-order valence-electron chi connectivity index (χ4n) is 1.83. The summed E-state index contributed by atoms with van der Waals surface area (Å²) in [6.45, 7) is 14.5. The van der Waals surface area contributed by atoms with E-state index in [4.69, 9.17) is 9.47 Å². The van der Waals surface area contributed by atoms with Crippen molar-refractivity contribution in [1.82, 2.24) is 15.5 Å². The van der Waals surface area contributed by atoms with Crippen LogP contribution in [0.3, 0.4) is 0 Å². The molecule has 0 aliphatic heterocycles. The van der Waals surface area contributed by atoms with E-state index in [-0.39, 0.29) is 12.1 Å². The number of carbonyl (C=O) groups is 1. The van der Waals surface area contributed by atoms with Crippen LogP contribution in [0.5, 0.6) is 0 Å². The number of nitrogens with zero attached hydrogens (tertiary/aromatic N) is 2. The summed E-state index contributed by atoms with van der Waals surface area (Å²) < 4.78 is 10.5. The summed E-state index contributed by atoms with van der Waals surface area (Å²) in [5.41, 5.74) is -0.486. The first-order valence-electron chi connectivity index (χ1n) is 8.25. The van der Waals surface area contributed by atoms with Gasteiger partial charge in [0.2, 0.25) is 0 Å². The van der Waals surface area contributed by atoms with E-state index in [1.54, 1.807) is 12.0 Å². The average molecular weight is 330 g/mol. The second-order valence-electron chi connectivity index (χ2n) is 6.32. The number of carbonyl (C=O) groups excluding carboxylic acids is 1. The number of hydrogen-bond donors (Lipinski definition) is 2. The van der Waals surface area contributed by atoms with Gasteiger partial charge in [-0.25, -0.2) is 4.79 Å². The number of methoxy groups -OCH3 is 1. The van der Waals surface area contributed by atoms with Crippen LogP contribution in [0, 0.1) is 0 Å². The number of hydrogen-bond acceptors (Lipinski definition) is 4. The maximum Gasteiger partial charge on any atom is 0.410 e. The molecule has 0 rings (SSSR count). The van der Waals surface area contributed by atoms with Crippen molar-refractivity contribution in [2.75, 3.05) is 39.9 Å². The molecule has 1 amide bonds. The van der Waals surface area contributed by atoms with Gasteiger partial charge in [-0.2, -0.15) is 0 Å². The van der Waals surface area contributed by atoms with Crippen LogP contribution in [0.4, 0.5) is 4.79 Å². The Morgan fingerprint density at radius 1 is 1.30 bits per heavy atom. The highest BCUT2D eigenvalue weighted by molar-refractivity contribution is 5.80. The zero-order valence-electron chi connectivity index (χ0n) is 15.7. The SMILES string of the molecule is CCNC(=NCCN(CC)C(=O)OC(C)(C)C)NC(C)COC. The van der Waals surface area contributed by atoms with Crippen molar-refractivity contribution < 1.29 is 14.3 Å². The van der Waals surface area contributed by atoms with E-state index in [9.17, 15) is 4.79 Å². The van der Waals surface area contributed by atoms with Crippen molar-refractivity contribution in [3.8, 4) is 0 Å². The Bertz CT molecular complexity index is 367. The Morgan fingerprint density at radius 2 is 1.96 bits per heavy atom. The third kappa shape index (κ3) is 10.8. The lowest BCUT2D eigenvalue weighted by atomic mass is 10.2. The van der Waals surface area contributed by atoms with E-state index in [1.807, 2.05) is 41.5 Å². The van der Waals surface area contributed by atoms with Gasteiger partial charge in [0.25, 0.3) is 0 Å². The minimum atomic E-state index is -0.486. The van der Waals surface area contributed by atoms with Gasteiger partial charge in [-0.05, 0) is 41.5 Å². The minimum Gasteiger partial charge on any atom is -0.444 e. The van der Waals surface area contributed by atoms with Crippen molar-refractivity contribution in [2.45, 2.75) is 53.2 Å². The molecule has 0 aliphatic carbocycles. The smallest absolute Gasteiger partial charge is 0.410 e. The largest absolute Gasteiger partial charge is 0.444 e. The Labute approximate surface area is 140 Å². The Balaban J connectivity index is 4.53. The van der Waals surface area contributed by atoms with Crippen LogP contribution in [0.15, 0.2) is 4.99 Å². The molecule has 2 N–H and O–H groups in total. The second kappa shape index (κ2) is 11.1. The molecule has 0 spiro atoms. The van der Waals surface area contributed by atoms with Crippen molar-refractivity contribution in [2.24, 2.45) is 4.99 Å². The zero-order valence-corrected chi connectivity index (χ0v) is 15.7. The lowest BCUT2D eigenvalue weighted by Gasteiger charge is -2.26. The molecular formula is C16H34N4O3. The van der Waals surface area contributed by atoms with Crippen LogP contribution in [-0.2, 0) is 9.47 Å². The van der Waals surface area contributed by atoms with E-state index >= 15 is 0 Å². The number of aliphatic imine (C=N–C) groups is 1. The Morgan fingerprint density at radius 3 is 2.43 bits per heavy atom. The van der Waals surface area contributed by atoms with Gasteiger partial charge < -0.3 is 25.0 Å². The molecule has 1 atom stereocenters. The van der Waals surface area contributed by atoms with Gasteiger partial charge in [0.15, 0.2) is 5.96 Å². The topological polar surface area (TPSA) is 75.2 Å². The van der Waals surface area contributed by atoms with Crippen LogP contribution < -0.4 is 10.6 Å². The van der Waals surface area contributed by atoms with Crippen molar-refractivity contribution >= 4 is 12.1 Å². The molecular weight excluding hydrogens is 296 g/mol. The summed E-state index contributed by atoms with van der Waals surface area (Å²) in [4.78, 5) is 18.2. The lowest BCUT2D eigenvalue weighted by Crippen LogP contribution is -2.44. The van der Waals surface area contributed by atoms with Gasteiger partial charge in [0.05, 0.1) is 13.2 Å². The van der Waals surface area contributed by atoms with Crippen LogP contribution >= 0.6 is 0 Å². The van der Waals surface area contributed by atoms with Crippen molar-refractivity contribution in [3.63, 3.8) is 0 Å². The number of amides is 1. The van der Waals surface area contributed by atoms with E-state index in [0.717, 1.165) is 12.5 Å². The number of guanidine groups is 1. The highest BCUT2D eigenvalue weighted by Crippen LogP contribution is 2.09. The molecule has 0 aliphatic rings. The van der Waals surface area contributed by atoms with Gasteiger partial charge in [-0.1, -0.05) is 0 Å². The summed E-state index contributed by atoms with van der Waals surface area (Å²) in [5.74, 6) is 0.720. The van der Waals surface area contributed by atoms with Crippen LogP contribution in [-0.4, -0.2) is 68.5 Å². The number of ether oxygens (including phenoxy) is 2. The summed E-state index contributed by atoms with van der Waals surface area (Å²) >= 11 is 0. The molecule has 0 saturated carbocycles. The Hall–Kier alpha value is -1.50. The van der Waals surface area contributed by atoms with Gasteiger partial charge in [0.1, 0.15) is 5.60 Å². The molecule has 0 saturated heterocycles. The normalized spacial score (nSPS) is 13.4. The summed E-state index contributed by atoms with van der Waals surface area (Å²) in [6.07, 6.45) is -0.305. The highest BCUT2D eigenvalue weighted by atomic mass is 16.6. The van der Waals surface area contributed by atoms with E-state index in [1.165, 1.54) is 0 Å². The fraction of sp³-hybridized carbons (Fsp3) is 0.875. The van der Waals surface area contributed by atoms with Crippen molar-refractivity contribution in [3.05, 3.63) is 0 Å². The molecule has 1 unspecified atom stereocenters. The number of nitrogens with one attached hydrogen (secondary N) is 2. The molecule has 0 aromatic rings. The predicted molar refractivity (Wildman–Crippen MR) is 93.9 cm³/mol. The number of likely N-dealkylation sites (N-methyl/N-ethyl adjacent to an activating group) is 1. The van der Waals surface area contributed by atoms with Gasteiger partial charge in [-0.15, -0.1) is 0 Å². The molecule has 0 radical (unpaired) electrons. The molecule has 7 nitrogen and oxygen atoms in total. The summed E-state index contributed by atoms with van der Waals surface area (Å²) in [5, 5.41) is 6.44. The Kier molecular flexibility index (Phi) is 10.4. The standard InChI is InChI=1S/C16H34N4O3/c1-8-17-14(19-13(3)12-22-7)18-10-11-20(9-2)15(21)23-16(4,5)6/h13H,8-12H2,1-7H3,(H2,17,18,19). The molecule has 7 heteroatoms. The third-order valence-corrected chi connectivity index (χ3v) is 2.82. The molecule has 136 valence electrons. The predicted octanol–water partition coefficient (Wildman–Crippen LogP) is 1.83. The number of rotatable bonds is 8. The van der Waals surface area contributed by atoms with E-state index in [0.29, 0.717) is 26.2 Å². The van der Waals surface area contributed by atoms with Gasteiger partial charge in [-0.3, -0.25) is 4.99 Å². The average Bonchev–Trinajstić information content (AvgIpc) is 2.41. The van der Waals surface area contributed by atoms with Crippen LogP contribution in [0.25, 0.3) is 0 Å². The van der Waals surface area contributed by atoms with Crippen LogP contribution in [0.2, 0.25) is 0 Å². The first kappa shape index (κ1) is 21.5. The molecule has 0 aromatic heterocycles. The summed E-state index contributed by atoms with van der Waals surface area (Å²) in [7, 11) is 1.67. The van der Waals surface area contributed by atoms with E-state index in [2.05, 4.69) is 15.6 Å². The molecule has 0 fully saturated rings. The maximum absolute atomic E-state index is 12.1. The van der Waals surface area contributed by atoms with E-state index < -0.39 is 5.60 Å². The molecule has 23 heavy (non-hydrogen) atoms. The quantitative estimate of drug-likeness (QED) is 0.525. The molecule has 0 aromatic carbocycles. The summed E-state index contributed by atoms with van der Waals surface area (Å²) in [6, 6.07) is 0.158. The highest BCUT2D eigenvalue weighted by Gasteiger charge is 2.20. The minimum absolute atomic E-state index is 0.158. The zero-order chi connectivity index (χ0) is 17.9. The first-order chi connectivity index (χ1) is 10.7. The maximum atomic E-state index is 12.1. The molecule has 0 heterocycles. The van der Waals surface area contributed by atoms with Crippen LogP contribution in [0.1, 0.15) is 41.5 Å². The molecule has 0 bridgehead atoms. The monoisotopic (exact) mass is 330 g/mol. The third-order valence-electron chi connectivity index (χ3n) is 2.82. The fourth-order valence-corrected chi connectivity index (χ4v) is 1.83. The second-order valence-corrected chi connectivity index (χ2v) is 6.32. The van der Waals surface area contributed by atoms with Gasteiger partial charge >= 0.3 is 6.09 Å². The van der Waals surface area contributed by atoms with Gasteiger partial charge in [0, 0.05) is 32.8 Å². The lowest BCUT2D eigenvalue weighted by molar-refractivity contribution is 0.0266.